The number of para-hydroxylation sites is 1. The molecule has 0 amide bonds. The van der Waals surface area contributed by atoms with Crippen LogP contribution in [0.1, 0.15) is 31.8 Å². The van der Waals surface area contributed by atoms with E-state index in [0.29, 0.717) is 11.4 Å². The highest BCUT2D eigenvalue weighted by molar-refractivity contribution is 6.19. The van der Waals surface area contributed by atoms with Gasteiger partial charge in [0.15, 0.2) is 0 Å². The van der Waals surface area contributed by atoms with E-state index in [1.165, 1.54) is 11.1 Å². The van der Waals surface area contributed by atoms with E-state index in [1.54, 1.807) is 4.90 Å². The first-order valence-electron chi connectivity index (χ1n) is 17.7. The van der Waals surface area contributed by atoms with E-state index in [0.717, 1.165) is 55.0 Å². The third-order valence-electron chi connectivity index (χ3n) is 9.36. The summed E-state index contributed by atoms with van der Waals surface area (Å²) >= 11 is 0. The minimum atomic E-state index is -0.419. The van der Waals surface area contributed by atoms with Crippen LogP contribution in [0.5, 0.6) is 0 Å². The van der Waals surface area contributed by atoms with Crippen molar-refractivity contribution in [1.29, 1.82) is 0 Å². The van der Waals surface area contributed by atoms with Crippen molar-refractivity contribution in [1.82, 2.24) is 0 Å². The summed E-state index contributed by atoms with van der Waals surface area (Å²) in [6.07, 6.45) is 0. The standard InChI is InChI=1S/C43H31NO/c1-43(2)38-17-9-8-15-35(38)36-26-24-32(27-39(36)43)44(30-12-4-3-5-13-30)31-22-19-29(20-23-31)33-16-10-18-40-41(33)37-25-21-28-11-6-7-14-34(28)42(37)45-40/h3-27H,1-2H3/i3D,4D,5D,12D,13D. The van der Waals surface area contributed by atoms with Gasteiger partial charge in [0.2, 0.25) is 0 Å². The van der Waals surface area contributed by atoms with Gasteiger partial charge in [-0.15, -0.1) is 0 Å². The minimum absolute atomic E-state index is 0.104. The van der Waals surface area contributed by atoms with Gasteiger partial charge >= 0.3 is 0 Å². The largest absolute Gasteiger partial charge is 0.455 e. The Bertz CT molecular complexity index is 2660. The molecule has 1 heterocycles. The fourth-order valence-electron chi connectivity index (χ4n) is 7.18. The Morgan fingerprint density at radius 1 is 0.578 bits per heavy atom. The summed E-state index contributed by atoms with van der Waals surface area (Å²) in [6, 6.07) is 39.4. The van der Waals surface area contributed by atoms with Crippen molar-refractivity contribution in [2.45, 2.75) is 19.3 Å². The highest BCUT2D eigenvalue weighted by Crippen LogP contribution is 2.50. The predicted octanol–water partition coefficient (Wildman–Crippen LogP) is 12.2. The van der Waals surface area contributed by atoms with Crippen molar-refractivity contribution in [2.24, 2.45) is 0 Å². The third-order valence-corrected chi connectivity index (χ3v) is 9.36. The van der Waals surface area contributed by atoms with Crippen molar-refractivity contribution in [3.8, 4) is 22.3 Å². The van der Waals surface area contributed by atoms with Crippen LogP contribution in [0, 0.1) is 0 Å². The van der Waals surface area contributed by atoms with E-state index in [4.69, 9.17) is 11.3 Å². The molecule has 2 heteroatoms. The van der Waals surface area contributed by atoms with Crippen LogP contribution in [0.4, 0.5) is 17.1 Å². The second-order valence-corrected chi connectivity index (χ2v) is 12.2. The van der Waals surface area contributed by atoms with Gasteiger partial charge in [0.1, 0.15) is 11.2 Å². The van der Waals surface area contributed by atoms with Crippen LogP contribution < -0.4 is 4.90 Å². The molecule has 7 aromatic carbocycles. The number of furan rings is 1. The lowest BCUT2D eigenvalue weighted by Gasteiger charge is -2.28. The fraction of sp³-hybridized carbons (Fsp3) is 0.0698. The topological polar surface area (TPSA) is 16.4 Å². The molecule has 0 aliphatic heterocycles. The average molecular weight is 583 g/mol. The molecule has 1 aliphatic rings. The molecule has 0 atom stereocenters. The summed E-state index contributed by atoms with van der Waals surface area (Å²) in [7, 11) is 0. The second kappa shape index (κ2) is 9.70. The van der Waals surface area contributed by atoms with E-state index in [9.17, 15) is 0 Å². The van der Waals surface area contributed by atoms with Crippen molar-refractivity contribution >= 4 is 49.8 Å². The maximum atomic E-state index is 8.96. The van der Waals surface area contributed by atoms with Crippen LogP contribution in [0.15, 0.2) is 156 Å². The summed E-state index contributed by atoms with van der Waals surface area (Å²) in [5, 5.41) is 4.26. The molecule has 45 heavy (non-hydrogen) atoms. The Kier molecular flexibility index (Phi) is 4.56. The highest BCUT2D eigenvalue weighted by Gasteiger charge is 2.35. The van der Waals surface area contributed by atoms with E-state index in [1.807, 2.05) is 60.7 Å². The first-order chi connectivity index (χ1) is 24.1. The number of rotatable bonds is 4. The quantitative estimate of drug-likeness (QED) is 0.205. The van der Waals surface area contributed by atoms with Gasteiger partial charge in [-0.3, -0.25) is 0 Å². The molecule has 1 aliphatic carbocycles. The molecule has 0 bridgehead atoms. The molecule has 214 valence electrons. The monoisotopic (exact) mass is 582 g/mol. The van der Waals surface area contributed by atoms with Crippen LogP contribution in [0.2, 0.25) is 0 Å². The molecule has 0 saturated carbocycles. The van der Waals surface area contributed by atoms with Gasteiger partial charge in [0, 0.05) is 38.6 Å². The number of fused-ring (bicyclic) bond motifs is 8. The molecule has 8 aromatic rings. The smallest absolute Gasteiger partial charge is 0.143 e. The van der Waals surface area contributed by atoms with Gasteiger partial charge in [0.25, 0.3) is 0 Å². The molecule has 2 nitrogen and oxygen atoms in total. The molecule has 0 saturated heterocycles. The fourth-order valence-corrected chi connectivity index (χ4v) is 7.18. The highest BCUT2D eigenvalue weighted by atomic mass is 16.3. The van der Waals surface area contributed by atoms with Crippen molar-refractivity contribution < 1.29 is 11.3 Å². The van der Waals surface area contributed by atoms with Gasteiger partial charge in [-0.05, 0) is 87.2 Å². The van der Waals surface area contributed by atoms with Crippen molar-refractivity contribution in [3.63, 3.8) is 0 Å². The maximum absolute atomic E-state index is 8.96. The number of hydrogen-bond acceptors (Lipinski definition) is 2. The molecule has 0 radical (unpaired) electrons. The van der Waals surface area contributed by atoms with E-state index in [-0.39, 0.29) is 35.3 Å². The van der Waals surface area contributed by atoms with Crippen molar-refractivity contribution in [2.75, 3.05) is 4.90 Å². The zero-order valence-corrected chi connectivity index (χ0v) is 24.9. The first kappa shape index (κ1) is 21.2. The lowest BCUT2D eigenvalue weighted by Crippen LogP contribution is -2.16. The van der Waals surface area contributed by atoms with Crippen LogP contribution >= 0.6 is 0 Å². The number of hydrogen-bond donors (Lipinski definition) is 0. The Hall–Kier alpha value is -5.60. The zero-order chi connectivity index (χ0) is 34.5. The summed E-state index contributed by atoms with van der Waals surface area (Å²) < 4.78 is 49.6. The van der Waals surface area contributed by atoms with Gasteiger partial charge in [-0.25, -0.2) is 0 Å². The average Bonchev–Trinajstić information content (AvgIpc) is 3.64. The number of benzene rings is 7. The number of anilines is 3. The Labute approximate surface area is 269 Å². The SMILES string of the molecule is [2H]c1c([2H])c([2H])c(N(c2ccc(-c3cccc4oc5c6ccccc6ccc5c34)cc2)c2ccc3c(c2)C(C)(C)c2ccccc2-3)c([2H])c1[2H]. The Morgan fingerprint density at radius 3 is 2.18 bits per heavy atom. The number of nitrogens with zero attached hydrogens (tertiary/aromatic N) is 1. The molecule has 0 fully saturated rings. The summed E-state index contributed by atoms with van der Waals surface area (Å²) in [6.45, 7) is 4.40. The predicted molar refractivity (Wildman–Crippen MR) is 189 cm³/mol. The van der Waals surface area contributed by atoms with E-state index < -0.39 is 6.04 Å². The van der Waals surface area contributed by atoms with E-state index in [2.05, 4.69) is 74.5 Å². The molecule has 1 aromatic heterocycles. The lowest BCUT2D eigenvalue weighted by molar-refractivity contribution is 0.660. The van der Waals surface area contributed by atoms with Gasteiger partial charge < -0.3 is 9.32 Å². The van der Waals surface area contributed by atoms with Gasteiger partial charge in [-0.1, -0.05) is 117 Å². The maximum Gasteiger partial charge on any atom is 0.143 e. The lowest BCUT2D eigenvalue weighted by atomic mass is 9.82. The van der Waals surface area contributed by atoms with Crippen LogP contribution in [0.3, 0.4) is 0 Å². The molecule has 0 unspecified atom stereocenters. The Morgan fingerprint density at radius 2 is 1.31 bits per heavy atom. The molecular weight excluding hydrogens is 546 g/mol. The molecule has 9 rings (SSSR count). The molecule has 0 spiro atoms. The summed E-state index contributed by atoms with van der Waals surface area (Å²) in [5.74, 6) is 0. The van der Waals surface area contributed by atoms with Crippen LogP contribution in [0.25, 0.3) is 55.0 Å². The van der Waals surface area contributed by atoms with E-state index >= 15 is 0 Å². The molecule has 0 N–H and O–H groups in total. The minimum Gasteiger partial charge on any atom is -0.455 e. The first-order valence-corrected chi connectivity index (χ1v) is 15.2. The van der Waals surface area contributed by atoms with Crippen LogP contribution in [-0.4, -0.2) is 0 Å². The van der Waals surface area contributed by atoms with Crippen LogP contribution in [-0.2, 0) is 5.41 Å². The van der Waals surface area contributed by atoms with Crippen molar-refractivity contribution in [3.05, 3.63) is 163 Å². The second-order valence-electron chi connectivity index (χ2n) is 12.2. The summed E-state index contributed by atoms with van der Waals surface area (Å²) in [4.78, 5) is 1.79. The Balaban J connectivity index is 1.23. The van der Waals surface area contributed by atoms with Gasteiger partial charge in [0.05, 0.1) is 6.85 Å². The zero-order valence-electron chi connectivity index (χ0n) is 29.9. The third kappa shape index (κ3) is 3.89. The normalized spacial score (nSPS) is 14.8. The molecular formula is C43H31NO. The van der Waals surface area contributed by atoms with Gasteiger partial charge in [-0.2, -0.15) is 0 Å². The summed E-state index contributed by atoms with van der Waals surface area (Å²) in [5.41, 5.74) is 9.55.